The molecule has 1 saturated carbocycles. The Morgan fingerprint density at radius 3 is 3.00 bits per heavy atom. The average molecular weight is 273 g/mol. The predicted octanol–water partition coefficient (Wildman–Crippen LogP) is 3.74. The highest BCUT2D eigenvalue weighted by Gasteiger charge is 2.29. The second-order valence-electron chi connectivity index (χ2n) is 4.92. The van der Waals surface area contributed by atoms with Gasteiger partial charge in [-0.25, -0.2) is 4.98 Å². The lowest BCUT2D eigenvalue weighted by Gasteiger charge is -2.24. The molecular weight excluding hydrogens is 254 g/mol. The van der Waals surface area contributed by atoms with Crippen molar-refractivity contribution in [3.8, 4) is 0 Å². The maximum Gasteiger partial charge on any atom is 0.127 e. The van der Waals surface area contributed by atoms with Crippen LogP contribution in [0.1, 0.15) is 25.3 Å². The molecule has 100 valence electrons. The number of nitrogens with zero attached hydrogens (tertiary/aromatic N) is 2. The van der Waals surface area contributed by atoms with E-state index in [1.54, 1.807) is 11.3 Å². The van der Waals surface area contributed by atoms with Crippen molar-refractivity contribution < 1.29 is 0 Å². The molecule has 2 heterocycles. The Balaban J connectivity index is 1.81. The van der Waals surface area contributed by atoms with Gasteiger partial charge in [0.2, 0.25) is 0 Å². The van der Waals surface area contributed by atoms with Gasteiger partial charge in [0, 0.05) is 37.1 Å². The lowest BCUT2D eigenvalue weighted by Crippen LogP contribution is -2.24. The summed E-state index contributed by atoms with van der Waals surface area (Å²) >= 11 is 1.77. The molecule has 0 unspecified atom stereocenters. The van der Waals surface area contributed by atoms with Crippen molar-refractivity contribution in [2.75, 3.05) is 16.8 Å². The van der Waals surface area contributed by atoms with E-state index >= 15 is 0 Å². The molecule has 3 rings (SSSR count). The molecule has 19 heavy (non-hydrogen) atoms. The SMILES string of the molecule is CCNc1cc(N(Cc2ccsc2)C2CC2)ccn1. The number of hydrogen-bond acceptors (Lipinski definition) is 4. The fourth-order valence-corrected chi connectivity index (χ4v) is 2.93. The van der Waals surface area contributed by atoms with Crippen LogP contribution >= 0.6 is 11.3 Å². The van der Waals surface area contributed by atoms with E-state index in [0.29, 0.717) is 6.04 Å². The predicted molar refractivity (Wildman–Crippen MR) is 81.9 cm³/mol. The first kappa shape index (κ1) is 12.5. The summed E-state index contributed by atoms with van der Waals surface area (Å²) in [7, 11) is 0. The Kier molecular flexibility index (Phi) is 3.69. The summed E-state index contributed by atoms with van der Waals surface area (Å²) in [5.41, 5.74) is 2.68. The third-order valence-electron chi connectivity index (χ3n) is 3.35. The first-order chi connectivity index (χ1) is 9.36. The molecule has 1 aliphatic carbocycles. The van der Waals surface area contributed by atoms with Crippen LogP contribution in [-0.4, -0.2) is 17.6 Å². The molecule has 1 aliphatic rings. The van der Waals surface area contributed by atoms with Crippen LogP contribution in [0, 0.1) is 0 Å². The lowest BCUT2D eigenvalue weighted by atomic mass is 10.2. The monoisotopic (exact) mass is 273 g/mol. The molecule has 0 spiro atoms. The largest absolute Gasteiger partial charge is 0.370 e. The Morgan fingerprint density at radius 2 is 2.32 bits per heavy atom. The van der Waals surface area contributed by atoms with E-state index in [4.69, 9.17) is 0 Å². The van der Waals surface area contributed by atoms with Crippen LogP contribution in [0.3, 0.4) is 0 Å². The first-order valence-electron chi connectivity index (χ1n) is 6.84. The Labute approximate surface area is 118 Å². The second kappa shape index (κ2) is 5.61. The molecule has 4 heteroatoms. The molecule has 2 aromatic rings. The zero-order valence-electron chi connectivity index (χ0n) is 11.2. The van der Waals surface area contributed by atoms with Gasteiger partial charge in [0.1, 0.15) is 5.82 Å². The van der Waals surface area contributed by atoms with Crippen molar-refractivity contribution in [1.29, 1.82) is 0 Å². The minimum atomic E-state index is 0.705. The first-order valence-corrected chi connectivity index (χ1v) is 7.78. The number of pyridine rings is 1. The number of aromatic nitrogens is 1. The molecule has 0 aromatic carbocycles. The topological polar surface area (TPSA) is 28.2 Å². The quantitative estimate of drug-likeness (QED) is 0.869. The van der Waals surface area contributed by atoms with Gasteiger partial charge in [-0.2, -0.15) is 11.3 Å². The highest BCUT2D eigenvalue weighted by atomic mass is 32.1. The highest BCUT2D eigenvalue weighted by Crippen LogP contribution is 2.33. The van der Waals surface area contributed by atoms with E-state index in [-0.39, 0.29) is 0 Å². The van der Waals surface area contributed by atoms with Crippen LogP contribution in [-0.2, 0) is 6.54 Å². The third kappa shape index (κ3) is 3.07. The van der Waals surface area contributed by atoms with Crippen LogP contribution in [0.2, 0.25) is 0 Å². The van der Waals surface area contributed by atoms with Crippen molar-refractivity contribution in [2.45, 2.75) is 32.4 Å². The van der Waals surface area contributed by atoms with Crippen molar-refractivity contribution in [3.05, 3.63) is 40.7 Å². The van der Waals surface area contributed by atoms with Crippen LogP contribution in [0.15, 0.2) is 35.2 Å². The van der Waals surface area contributed by atoms with Gasteiger partial charge in [0.15, 0.2) is 0 Å². The molecule has 0 atom stereocenters. The van der Waals surface area contributed by atoms with Gasteiger partial charge < -0.3 is 10.2 Å². The maximum atomic E-state index is 4.35. The van der Waals surface area contributed by atoms with E-state index in [9.17, 15) is 0 Å². The summed E-state index contributed by atoms with van der Waals surface area (Å²) in [6, 6.07) is 7.20. The smallest absolute Gasteiger partial charge is 0.127 e. The van der Waals surface area contributed by atoms with Crippen molar-refractivity contribution in [3.63, 3.8) is 0 Å². The van der Waals surface area contributed by atoms with Crippen molar-refractivity contribution >= 4 is 22.8 Å². The van der Waals surface area contributed by atoms with Gasteiger partial charge in [-0.05, 0) is 48.2 Å². The standard InChI is InChI=1S/C15H19N3S/c1-2-16-15-9-14(5-7-17-15)18(13-3-4-13)10-12-6-8-19-11-12/h5-9,11,13H,2-4,10H2,1H3,(H,16,17). The lowest BCUT2D eigenvalue weighted by molar-refractivity contribution is 0.795. The van der Waals surface area contributed by atoms with Gasteiger partial charge >= 0.3 is 0 Å². The average Bonchev–Trinajstić information content (AvgIpc) is 3.14. The van der Waals surface area contributed by atoms with E-state index in [0.717, 1.165) is 18.9 Å². The summed E-state index contributed by atoms with van der Waals surface area (Å²) in [6.45, 7) is 4.01. The fourth-order valence-electron chi connectivity index (χ4n) is 2.27. The maximum absolute atomic E-state index is 4.35. The van der Waals surface area contributed by atoms with Crippen molar-refractivity contribution in [2.24, 2.45) is 0 Å². The van der Waals surface area contributed by atoms with Gasteiger partial charge in [-0.1, -0.05) is 0 Å². The van der Waals surface area contributed by atoms with Crippen LogP contribution in [0.5, 0.6) is 0 Å². The molecular formula is C15H19N3S. The van der Waals surface area contributed by atoms with E-state index < -0.39 is 0 Å². The van der Waals surface area contributed by atoms with Crippen LogP contribution in [0.25, 0.3) is 0 Å². The Morgan fingerprint density at radius 1 is 1.42 bits per heavy atom. The van der Waals surface area contributed by atoms with Crippen LogP contribution in [0.4, 0.5) is 11.5 Å². The number of hydrogen-bond donors (Lipinski definition) is 1. The zero-order chi connectivity index (χ0) is 13.1. The Bertz CT molecular complexity index is 520. The summed E-state index contributed by atoms with van der Waals surface area (Å²) in [5.74, 6) is 0.968. The highest BCUT2D eigenvalue weighted by molar-refractivity contribution is 7.07. The van der Waals surface area contributed by atoms with E-state index in [1.165, 1.54) is 24.1 Å². The second-order valence-corrected chi connectivity index (χ2v) is 5.70. The summed E-state index contributed by atoms with van der Waals surface area (Å²) in [6.07, 6.45) is 4.52. The summed E-state index contributed by atoms with van der Waals surface area (Å²) in [4.78, 5) is 6.86. The molecule has 0 amide bonds. The van der Waals surface area contributed by atoms with Crippen molar-refractivity contribution in [1.82, 2.24) is 4.98 Å². The summed E-state index contributed by atoms with van der Waals surface area (Å²) < 4.78 is 0. The molecule has 2 aromatic heterocycles. The molecule has 0 bridgehead atoms. The van der Waals surface area contributed by atoms with E-state index in [2.05, 4.69) is 51.1 Å². The van der Waals surface area contributed by atoms with Gasteiger partial charge in [0.05, 0.1) is 0 Å². The molecule has 1 fully saturated rings. The zero-order valence-corrected chi connectivity index (χ0v) is 12.0. The molecule has 0 saturated heterocycles. The number of rotatable bonds is 6. The normalized spacial score (nSPS) is 14.4. The molecule has 3 nitrogen and oxygen atoms in total. The van der Waals surface area contributed by atoms with Gasteiger partial charge in [-0.3, -0.25) is 0 Å². The minimum absolute atomic E-state index is 0.705. The number of thiophene rings is 1. The Hall–Kier alpha value is -1.55. The molecule has 0 radical (unpaired) electrons. The fraction of sp³-hybridized carbons (Fsp3) is 0.400. The summed E-state index contributed by atoms with van der Waals surface area (Å²) in [5, 5.41) is 7.67. The minimum Gasteiger partial charge on any atom is -0.370 e. The number of anilines is 2. The third-order valence-corrected chi connectivity index (χ3v) is 4.09. The van der Waals surface area contributed by atoms with Gasteiger partial charge in [-0.15, -0.1) is 0 Å². The number of nitrogens with one attached hydrogen (secondary N) is 1. The molecule has 0 aliphatic heterocycles. The van der Waals surface area contributed by atoms with E-state index in [1.807, 2.05) is 6.20 Å². The van der Waals surface area contributed by atoms with Gasteiger partial charge in [0.25, 0.3) is 0 Å². The van der Waals surface area contributed by atoms with Crippen LogP contribution < -0.4 is 10.2 Å². The molecule has 1 N–H and O–H groups in total.